The summed E-state index contributed by atoms with van der Waals surface area (Å²) in [6.45, 7) is 13.8. The zero-order valence-corrected chi connectivity index (χ0v) is 52.2. The molecule has 1 aliphatic carbocycles. The highest BCUT2D eigenvalue weighted by Crippen LogP contribution is 2.43. The molecule has 4 heterocycles. The summed E-state index contributed by atoms with van der Waals surface area (Å²) in [4.78, 5) is 72.9. The van der Waals surface area contributed by atoms with E-state index in [-0.39, 0.29) is 60.2 Å². The molecule has 0 spiro atoms. The number of amides is 5. The first-order valence-corrected chi connectivity index (χ1v) is 33.5. The van der Waals surface area contributed by atoms with Crippen LogP contribution in [0.2, 0.25) is 5.02 Å². The number of nitrogens with zero attached hydrogens (tertiary/aromatic N) is 5. The maximum Gasteiger partial charge on any atom is 0.501 e. The molecule has 3 N–H and O–H groups in total. The van der Waals surface area contributed by atoms with E-state index in [0.29, 0.717) is 54.3 Å². The fraction of sp³-hybridized carbons (Fsp3) is 0.413. The van der Waals surface area contributed by atoms with Crippen LogP contribution >= 0.6 is 23.4 Å². The third-order valence-corrected chi connectivity index (χ3v) is 21.4. The molecule has 468 valence electrons. The number of sulfonamides is 1. The number of carbonyl (C=O) groups excluding carboxylic acids is 5. The number of anilines is 2. The number of carbonyl (C=O) groups is 5. The molecule has 25 heteroatoms. The highest BCUT2D eigenvalue weighted by molar-refractivity contribution is 7.99. The molecule has 4 atom stereocenters. The van der Waals surface area contributed by atoms with E-state index >= 15 is 4.39 Å². The minimum absolute atomic E-state index is 0.0507. The lowest BCUT2D eigenvalue weighted by molar-refractivity contribution is -0.136. The van der Waals surface area contributed by atoms with E-state index in [2.05, 4.69) is 51.3 Å². The fourth-order valence-corrected chi connectivity index (χ4v) is 15.8. The number of halogens is 5. The largest absolute Gasteiger partial charge is 0.501 e. The van der Waals surface area contributed by atoms with Crippen molar-refractivity contribution in [2.24, 2.45) is 5.41 Å². The smallest absolute Gasteiger partial charge is 0.380 e. The zero-order chi connectivity index (χ0) is 63.0. The Kier molecular flexibility index (Phi) is 19.0. The second-order valence-electron chi connectivity index (χ2n) is 24.1. The van der Waals surface area contributed by atoms with Crippen molar-refractivity contribution in [1.82, 2.24) is 29.6 Å². The number of thioether (sulfide) groups is 1. The molecule has 88 heavy (non-hydrogen) atoms. The van der Waals surface area contributed by atoms with Gasteiger partial charge in [0.15, 0.2) is 0 Å². The number of hydrogen-bond acceptors (Lipinski definition) is 15. The van der Waals surface area contributed by atoms with Crippen molar-refractivity contribution in [2.75, 3.05) is 68.3 Å². The van der Waals surface area contributed by atoms with Gasteiger partial charge in [-0.05, 0) is 147 Å². The quantitative estimate of drug-likeness (QED) is 0.0400. The maximum absolute atomic E-state index is 15.7. The number of imide groups is 2. The molecular weight excluding hydrogens is 1220 g/mol. The van der Waals surface area contributed by atoms with Gasteiger partial charge in [-0.15, -0.1) is 11.8 Å². The average molecular weight is 1290 g/mol. The van der Waals surface area contributed by atoms with Crippen molar-refractivity contribution >= 4 is 89.7 Å². The van der Waals surface area contributed by atoms with Gasteiger partial charge in [-0.25, -0.2) is 25.9 Å². The third kappa shape index (κ3) is 14.3. The third-order valence-electron chi connectivity index (χ3n) is 17.2. The first-order valence-electron chi connectivity index (χ1n) is 29.2. The predicted octanol–water partition coefficient (Wildman–Crippen LogP) is 9.64. The van der Waals surface area contributed by atoms with Crippen molar-refractivity contribution in [3.63, 3.8) is 0 Å². The SMILES string of the molecule is CC1CN(Cc2cc(F)c3c(c2)C(=O)N(C2CCC(=O)NC2=O)C3=O)CC(C)N1CCC(CSc1ccccc1)Nc1ccc(S(=O)(=O)NC(=O)c2ccc(N3CCN(CC4=C(c5ccc(Cl)cc5)CCC(C)(C)C4)CC3)cc2)cc1S(=O)(=O)C(F)(F)F. The minimum atomic E-state index is -6.20. The van der Waals surface area contributed by atoms with Crippen molar-refractivity contribution in [3.8, 4) is 0 Å². The Bertz CT molecular complexity index is 3760. The van der Waals surface area contributed by atoms with Crippen molar-refractivity contribution in [3.05, 3.63) is 153 Å². The van der Waals surface area contributed by atoms with Crippen LogP contribution in [-0.4, -0.2) is 154 Å². The molecule has 5 aliphatic rings. The Labute approximate surface area is 519 Å². The van der Waals surface area contributed by atoms with Crippen LogP contribution in [0.4, 0.5) is 28.9 Å². The molecule has 4 unspecified atom stereocenters. The van der Waals surface area contributed by atoms with Crippen molar-refractivity contribution < 1.29 is 58.4 Å². The number of alkyl halides is 3. The molecule has 0 bridgehead atoms. The summed E-state index contributed by atoms with van der Waals surface area (Å²) in [5.41, 5.74) is -1.62. The van der Waals surface area contributed by atoms with Crippen molar-refractivity contribution in [1.29, 1.82) is 0 Å². The van der Waals surface area contributed by atoms with Gasteiger partial charge in [-0.1, -0.05) is 61.4 Å². The molecule has 5 aromatic rings. The molecule has 5 amide bonds. The van der Waals surface area contributed by atoms with Crippen LogP contribution in [0.15, 0.2) is 129 Å². The number of benzene rings is 5. The summed E-state index contributed by atoms with van der Waals surface area (Å²) in [6.07, 6.45) is 3.17. The molecular formula is C63H69ClF4N8O9S3. The molecule has 0 radical (unpaired) electrons. The van der Waals surface area contributed by atoms with E-state index in [0.717, 1.165) is 61.6 Å². The van der Waals surface area contributed by atoms with E-state index in [1.54, 1.807) is 12.1 Å². The van der Waals surface area contributed by atoms with E-state index in [1.807, 2.05) is 65.9 Å². The maximum atomic E-state index is 15.7. The second kappa shape index (κ2) is 26.0. The molecule has 0 aromatic heterocycles. The van der Waals surface area contributed by atoms with Crippen LogP contribution in [0.1, 0.15) is 108 Å². The van der Waals surface area contributed by atoms with E-state index < -0.39 is 93.8 Å². The van der Waals surface area contributed by atoms with Gasteiger partial charge in [0, 0.05) is 110 Å². The highest BCUT2D eigenvalue weighted by Gasteiger charge is 2.49. The Morgan fingerprint density at radius 2 is 1.50 bits per heavy atom. The molecule has 10 rings (SSSR count). The summed E-state index contributed by atoms with van der Waals surface area (Å²) in [5.74, 6) is -4.90. The van der Waals surface area contributed by atoms with E-state index in [4.69, 9.17) is 11.6 Å². The lowest BCUT2D eigenvalue weighted by Gasteiger charge is -2.45. The number of fused-ring (bicyclic) bond motifs is 1. The molecule has 0 saturated carbocycles. The lowest BCUT2D eigenvalue weighted by Crippen LogP contribution is -2.56. The predicted molar refractivity (Wildman–Crippen MR) is 329 cm³/mol. The average Bonchev–Trinajstić information content (AvgIpc) is 1.94. The Morgan fingerprint density at radius 3 is 2.16 bits per heavy atom. The molecule has 3 fully saturated rings. The normalized spacial score (nSPS) is 21.1. The monoisotopic (exact) mass is 1290 g/mol. The van der Waals surface area contributed by atoms with Gasteiger partial charge in [-0.3, -0.25) is 48.9 Å². The fourth-order valence-electron chi connectivity index (χ4n) is 12.6. The number of allylic oxidation sites excluding steroid dienone is 1. The molecule has 5 aromatic carbocycles. The number of piperidine rings is 1. The Morgan fingerprint density at radius 1 is 0.818 bits per heavy atom. The topological polar surface area (TPSA) is 206 Å². The summed E-state index contributed by atoms with van der Waals surface area (Å²) in [7, 11) is -11.2. The van der Waals surface area contributed by atoms with Crippen LogP contribution in [0, 0.1) is 11.2 Å². The molecule has 17 nitrogen and oxygen atoms in total. The Balaban J connectivity index is 0.792. The van der Waals surface area contributed by atoms with Crippen LogP contribution in [0.5, 0.6) is 0 Å². The molecule has 4 aliphatic heterocycles. The minimum Gasteiger partial charge on any atom is -0.380 e. The van der Waals surface area contributed by atoms with Gasteiger partial charge in [0.25, 0.3) is 37.6 Å². The van der Waals surface area contributed by atoms with Gasteiger partial charge in [-0.2, -0.15) is 13.2 Å². The lowest BCUT2D eigenvalue weighted by atomic mass is 9.73. The summed E-state index contributed by atoms with van der Waals surface area (Å²) in [6, 6.07) is 26.1. The van der Waals surface area contributed by atoms with E-state index in [9.17, 15) is 54.0 Å². The summed E-state index contributed by atoms with van der Waals surface area (Å²) >= 11 is 7.59. The standard InChI is InChI=1S/C63H69ClF4N8O9S3/c1-39-34-73(36-41-30-51-57(52(65)31-41)61(81)76(60(51)80)54-20-21-56(77)70-59(54)79)35-40(2)75(39)25-23-46(38-86-48-8-6-5-7-9-48)69-53-19-18-49(32-55(53)87(82,83)63(66,67)68)88(84,85)71-58(78)43-12-16-47(17-13-43)74-28-26-72(27-29-74)37-44-33-62(3,4)24-22-50(44)42-10-14-45(64)15-11-42/h5-19,30-32,39-40,46,54,69H,20-29,33-38H2,1-4H3,(H,71,78)(H,70,77,79). The van der Waals surface area contributed by atoms with Gasteiger partial charge in [0.2, 0.25) is 11.8 Å². The van der Waals surface area contributed by atoms with Crippen molar-refractivity contribution in [2.45, 2.75) is 117 Å². The molecule has 3 saturated heterocycles. The number of piperazine rings is 2. The van der Waals surface area contributed by atoms with Crippen LogP contribution in [0.25, 0.3) is 5.57 Å². The van der Waals surface area contributed by atoms with Crippen LogP contribution in [-0.2, 0) is 36.0 Å². The summed E-state index contributed by atoms with van der Waals surface area (Å²) < 4.78 is 116. The van der Waals surface area contributed by atoms with Crippen LogP contribution < -0.4 is 20.3 Å². The number of hydrogen-bond donors (Lipinski definition) is 3. The first-order chi connectivity index (χ1) is 41.6. The van der Waals surface area contributed by atoms with Gasteiger partial charge in [0.05, 0.1) is 21.7 Å². The van der Waals surface area contributed by atoms with E-state index in [1.165, 1.54) is 52.7 Å². The summed E-state index contributed by atoms with van der Waals surface area (Å²) in [5, 5.41) is 5.84. The van der Waals surface area contributed by atoms with Gasteiger partial charge < -0.3 is 10.2 Å². The first kappa shape index (κ1) is 64.3. The second-order valence-corrected chi connectivity index (χ2v) is 29.2. The van der Waals surface area contributed by atoms with Gasteiger partial charge >= 0.3 is 5.51 Å². The van der Waals surface area contributed by atoms with Crippen LogP contribution in [0.3, 0.4) is 0 Å². The zero-order valence-electron chi connectivity index (χ0n) is 49.0. The highest BCUT2D eigenvalue weighted by atomic mass is 35.5. The number of rotatable bonds is 19. The Hall–Kier alpha value is -6.67. The van der Waals surface area contributed by atoms with Gasteiger partial charge in [0.1, 0.15) is 16.8 Å². The number of nitrogens with one attached hydrogen (secondary N) is 3. The number of sulfone groups is 1.